The molecule has 0 saturated heterocycles. The lowest BCUT2D eigenvalue weighted by atomic mass is 10.1. The molecule has 0 aliphatic heterocycles. The lowest BCUT2D eigenvalue weighted by Crippen LogP contribution is -2.11. The zero-order valence-corrected chi connectivity index (χ0v) is 22.2. The Hall–Kier alpha value is -4.85. The Kier molecular flexibility index (Phi) is 5.88. The Labute approximate surface area is 238 Å². The fourth-order valence-electron chi connectivity index (χ4n) is 4.71. The Bertz CT molecular complexity index is 2060. The van der Waals surface area contributed by atoms with Crippen LogP contribution in [-0.2, 0) is 0 Å². The van der Waals surface area contributed by atoms with Crippen molar-refractivity contribution in [3.63, 3.8) is 0 Å². The smallest absolute Gasteiger partial charge is 0.255 e. The molecule has 0 fully saturated rings. The van der Waals surface area contributed by atoms with Gasteiger partial charge in [-0.2, -0.15) is 5.10 Å². The van der Waals surface area contributed by atoms with Crippen molar-refractivity contribution in [3.05, 3.63) is 119 Å². The molecule has 0 aliphatic rings. The molecule has 2 N–H and O–H groups in total. The van der Waals surface area contributed by atoms with E-state index in [1.54, 1.807) is 35.0 Å². The summed E-state index contributed by atoms with van der Waals surface area (Å²) in [6, 6.07) is 30.1. The van der Waals surface area contributed by atoms with Gasteiger partial charge in [-0.1, -0.05) is 53.5 Å². The number of halogens is 2. The van der Waals surface area contributed by atoms with Crippen molar-refractivity contribution in [1.82, 2.24) is 14.6 Å². The first-order valence-electron chi connectivity index (χ1n) is 12.4. The largest absolute Gasteiger partial charge is 0.455 e. The van der Waals surface area contributed by atoms with Gasteiger partial charge in [-0.3, -0.25) is 4.79 Å². The predicted molar refractivity (Wildman–Crippen MR) is 160 cm³/mol. The number of furan rings is 1. The number of carbonyl (C=O) groups is 1. The number of nitrogens with one attached hydrogen (secondary N) is 2. The second-order valence-corrected chi connectivity index (χ2v) is 10.0. The maximum atomic E-state index is 12.6. The number of nitrogens with zero attached hydrogens (tertiary/aromatic N) is 3. The fraction of sp³-hybridized carbons (Fsp3) is 0. The van der Waals surface area contributed by atoms with Gasteiger partial charge in [-0.25, -0.2) is 9.50 Å². The number of para-hydroxylation sites is 2. The lowest BCUT2D eigenvalue weighted by Gasteiger charge is -2.12. The van der Waals surface area contributed by atoms with E-state index >= 15 is 0 Å². The maximum absolute atomic E-state index is 12.6. The third-order valence-corrected chi connectivity index (χ3v) is 7.38. The van der Waals surface area contributed by atoms with Crippen molar-refractivity contribution in [3.8, 4) is 11.3 Å². The first-order chi connectivity index (χ1) is 19.5. The molecule has 194 valence electrons. The Balaban J connectivity index is 1.20. The molecule has 0 spiro atoms. The Morgan fingerprint density at radius 1 is 0.800 bits per heavy atom. The Morgan fingerprint density at radius 3 is 2.45 bits per heavy atom. The van der Waals surface area contributed by atoms with Gasteiger partial charge in [0.05, 0.1) is 27.5 Å². The molecule has 0 atom stereocenters. The van der Waals surface area contributed by atoms with Gasteiger partial charge in [0.2, 0.25) is 5.95 Å². The van der Waals surface area contributed by atoms with E-state index in [9.17, 15) is 4.79 Å². The topological polar surface area (TPSA) is 84.5 Å². The van der Waals surface area contributed by atoms with Crippen molar-refractivity contribution < 1.29 is 9.21 Å². The molecule has 7 aromatic rings. The molecule has 7 rings (SSSR count). The summed E-state index contributed by atoms with van der Waals surface area (Å²) in [6.45, 7) is 0. The second kappa shape index (κ2) is 9.72. The molecule has 1 amide bonds. The first kappa shape index (κ1) is 24.2. The number of hydrogen-bond acceptors (Lipinski definition) is 5. The monoisotopic (exact) mass is 563 g/mol. The lowest BCUT2D eigenvalue weighted by molar-refractivity contribution is 0.102. The summed E-state index contributed by atoms with van der Waals surface area (Å²) in [5, 5.41) is 13.5. The van der Waals surface area contributed by atoms with Crippen LogP contribution < -0.4 is 10.6 Å². The van der Waals surface area contributed by atoms with Gasteiger partial charge in [-0.05, 0) is 66.7 Å². The molecule has 9 heteroatoms. The summed E-state index contributed by atoms with van der Waals surface area (Å²) >= 11 is 12.0. The van der Waals surface area contributed by atoms with E-state index in [1.807, 2.05) is 54.6 Å². The van der Waals surface area contributed by atoms with Crippen LogP contribution in [0, 0.1) is 0 Å². The highest BCUT2D eigenvalue weighted by Gasteiger charge is 2.16. The highest BCUT2D eigenvalue weighted by Crippen LogP contribution is 2.36. The molecule has 0 aliphatic carbocycles. The van der Waals surface area contributed by atoms with Crippen LogP contribution in [0.15, 0.2) is 108 Å². The number of amides is 1. The van der Waals surface area contributed by atoms with Crippen LogP contribution in [0.1, 0.15) is 10.4 Å². The summed E-state index contributed by atoms with van der Waals surface area (Å²) < 4.78 is 7.99. The number of anilines is 3. The van der Waals surface area contributed by atoms with Gasteiger partial charge in [0, 0.05) is 33.3 Å². The van der Waals surface area contributed by atoms with Crippen LogP contribution >= 0.6 is 23.2 Å². The molecule has 3 aromatic heterocycles. The molecule has 0 bridgehead atoms. The molecular weight excluding hydrogens is 545 g/mol. The van der Waals surface area contributed by atoms with Gasteiger partial charge < -0.3 is 15.1 Å². The first-order valence-corrected chi connectivity index (χ1v) is 13.2. The third kappa shape index (κ3) is 4.31. The molecule has 0 saturated carbocycles. The molecule has 7 nitrogen and oxygen atoms in total. The van der Waals surface area contributed by atoms with Crippen LogP contribution in [0.5, 0.6) is 0 Å². The summed E-state index contributed by atoms with van der Waals surface area (Å²) in [6.07, 6.45) is 1.73. The molecule has 0 unspecified atom stereocenters. The number of aromatic nitrogens is 3. The minimum Gasteiger partial charge on any atom is -0.455 e. The standard InChI is InChI=1S/C31H19Cl2N5O2/c32-25-13-8-18(16-26(25)33)30(39)35-19-9-11-20(12-10-19)36-31-37-27(17-21-14-15-34-38(21)31)24-6-3-5-23-22-4-1-2-7-28(22)40-29(23)24/h1-17H,(H,35,39)(H,36,37). The minimum atomic E-state index is -0.286. The molecule has 0 radical (unpaired) electrons. The molecular formula is C31H19Cl2N5O2. The molecule has 40 heavy (non-hydrogen) atoms. The quantitative estimate of drug-likeness (QED) is 0.219. The van der Waals surface area contributed by atoms with Gasteiger partial charge >= 0.3 is 0 Å². The van der Waals surface area contributed by atoms with E-state index in [-0.39, 0.29) is 5.91 Å². The third-order valence-electron chi connectivity index (χ3n) is 6.64. The van der Waals surface area contributed by atoms with Crippen LogP contribution in [0.25, 0.3) is 38.7 Å². The average molecular weight is 564 g/mol. The molecule has 3 heterocycles. The van der Waals surface area contributed by atoms with Crippen LogP contribution in [0.4, 0.5) is 17.3 Å². The summed E-state index contributed by atoms with van der Waals surface area (Å²) in [7, 11) is 0. The maximum Gasteiger partial charge on any atom is 0.255 e. The van der Waals surface area contributed by atoms with Crippen molar-refractivity contribution in [2.24, 2.45) is 0 Å². The number of rotatable bonds is 5. The average Bonchev–Trinajstić information content (AvgIpc) is 3.60. The summed E-state index contributed by atoms with van der Waals surface area (Å²) in [4.78, 5) is 17.6. The van der Waals surface area contributed by atoms with Crippen LogP contribution in [0.2, 0.25) is 10.0 Å². The number of fused-ring (bicyclic) bond motifs is 4. The Morgan fingerprint density at radius 2 is 1.60 bits per heavy atom. The van der Waals surface area contributed by atoms with E-state index in [1.165, 1.54) is 6.07 Å². The van der Waals surface area contributed by atoms with Gasteiger partial charge in [-0.15, -0.1) is 0 Å². The highest BCUT2D eigenvalue weighted by molar-refractivity contribution is 6.42. The van der Waals surface area contributed by atoms with Gasteiger partial charge in [0.15, 0.2) is 0 Å². The fourth-order valence-corrected chi connectivity index (χ4v) is 5.01. The van der Waals surface area contributed by atoms with E-state index < -0.39 is 0 Å². The SMILES string of the molecule is O=C(Nc1ccc(Nc2nc(-c3cccc4c3oc3ccccc34)cc3ccnn23)cc1)c1ccc(Cl)c(Cl)c1. The normalized spacial score (nSPS) is 11.3. The van der Waals surface area contributed by atoms with Gasteiger partial charge in [0.1, 0.15) is 11.2 Å². The summed E-state index contributed by atoms with van der Waals surface area (Å²) in [5.41, 5.74) is 5.96. The zero-order chi connectivity index (χ0) is 27.2. The van der Waals surface area contributed by atoms with E-state index in [0.717, 1.165) is 44.4 Å². The van der Waals surface area contributed by atoms with E-state index in [2.05, 4.69) is 27.9 Å². The molecule has 4 aromatic carbocycles. The van der Waals surface area contributed by atoms with Crippen molar-refractivity contribution in [1.29, 1.82) is 0 Å². The highest BCUT2D eigenvalue weighted by atomic mass is 35.5. The zero-order valence-electron chi connectivity index (χ0n) is 20.7. The number of hydrogen-bond donors (Lipinski definition) is 2. The van der Waals surface area contributed by atoms with Crippen molar-refractivity contribution in [2.45, 2.75) is 0 Å². The number of benzene rings is 4. The van der Waals surface area contributed by atoms with Crippen molar-refractivity contribution >= 4 is 73.9 Å². The van der Waals surface area contributed by atoms with E-state index in [4.69, 9.17) is 32.6 Å². The second-order valence-electron chi connectivity index (χ2n) is 9.20. The minimum absolute atomic E-state index is 0.286. The van der Waals surface area contributed by atoms with Gasteiger partial charge in [0.25, 0.3) is 5.91 Å². The van der Waals surface area contributed by atoms with Crippen LogP contribution in [-0.4, -0.2) is 20.5 Å². The predicted octanol–water partition coefficient (Wildman–Crippen LogP) is 8.60. The van der Waals surface area contributed by atoms with Crippen LogP contribution in [0.3, 0.4) is 0 Å². The number of carbonyl (C=O) groups excluding carboxylic acids is 1. The summed E-state index contributed by atoms with van der Waals surface area (Å²) in [5.74, 6) is 0.255. The van der Waals surface area contributed by atoms with Crippen molar-refractivity contribution in [2.75, 3.05) is 10.6 Å². The van der Waals surface area contributed by atoms with E-state index in [0.29, 0.717) is 27.2 Å².